The van der Waals surface area contributed by atoms with Gasteiger partial charge in [0.15, 0.2) is 5.78 Å². The summed E-state index contributed by atoms with van der Waals surface area (Å²) in [5.41, 5.74) is 1.61. The van der Waals surface area contributed by atoms with Gasteiger partial charge in [0.25, 0.3) is 0 Å². The molecule has 0 aromatic heterocycles. The van der Waals surface area contributed by atoms with Crippen LogP contribution in [0.25, 0.3) is 6.08 Å². The summed E-state index contributed by atoms with van der Waals surface area (Å²) in [4.78, 5) is 12.9. The van der Waals surface area contributed by atoms with Crippen molar-refractivity contribution >= 4 is 11.9 Å². The highest BCUT2D eigenvalue weighted by Crippen LogP contribution is 2.40. The Balaban J connectivity index is 2.54. The van der Waals surface area contributed by atoms with Gasteiger partial charge < -0.3 is 14.2 Å². The zero-order valence-electron chi connectivity index (χ0n) is 22.0. The van der Waals surface area contributed by atoms with Gasteiger partial charge in [-0.15, -0.1) is 0 Å². The van der Waals surface area contributed by atoms with Crippen molar-refractivity contribution in [2.75, 3.05) is 6.61 Å². The molecule has 0 saturated carbocycles. The van der Waals surface area contributed by atoms with Crippen LogP contribution in [0.4, 0.5) is 0 Å². The molecule has 0 unspecified atom stereocenters. The number of ketones is 1. The van der Waals surface area contributed by atoms with Gasteiger partial charge in [-0.05, 0) is 95.9 Å². The zero-order chi connectivity index (χ0) is 25.0. The van der Waals surface area contributed by atoms with Crippen molar-refractivity contribution in [2.45, 2.75) is 85.9 Å². The summed E-state index contributed by atoms with van der Waals surface area (Å²) in [6.45, 7) is 21.1. The minimum absolute atomic E-state index is 0.0710. The number of hydrogen-bond donors (Lipinski definition) is 0. The van der Waals surface area contributed by atoms with Gasteiger partial charge in [0.1, 0.15) is 28.5 Å². The Morgan fingerprint density at radius 1 is 0.818 bits per heavy atom. The molecule has 0 saturated heterocycles. The molecule has 2 rings (SSSR count). The first kappa shape index (κ1) is 26.5. The SMILES string of the molecule is CCOc1ccc(C(=O)C=Cc2cc(OC(C)(C)C)cc(OC(C)(C)C)c2C(C)(C)C)cc1. The number of rotatable bonds is 7. The molecule has 0 N–H and O–H groups in total. The Kier molecular flexibility index (Phi) is 8.05. The van der Waals surface area contributed by atoms with E-state index in [0.29, 0.717) is 17.9 Å². The number of carbonyl (C=O) groups excluding carboxylic acids is 1. The number of ether oxygens (including phenoxy) is 3. The van der Waals surface area contributed by atoms with E-state index >= 15 is 0 Å². The van der Waals surface area contributed by atoms with Crippen molar-refractivity contribution in [3.05, 3.63) is 59.2 Å². The molecular formula is C29H40O4. The van der Waals surface area contributed by atoms with E-state index in [0.717, 1.165) is 22.6 Å². The maximum absolute atomic E-state index is 12.9. The molecule has 0 spiro atoms. The van der Waals surface area contributed by atoms with E-state index in [-0.39, 0.29) is 22.4 Å². The first-order valence-corrected chi connectivity index (χ1v) is 11.6. The molecular weight excluding hydrogens is 412 g/mol. The Labute approximate surface area is 200 Å². The van der Waals surface area contributed by atoms with Gasteiger partial charge in [-0.25, -0.2) is 0 Å². The van der Waals surface area contributed by atoms with Gasteiger partial charge in [0.2, 0.25) is 0 Å². The van der Waals surface area contributed by atoms with Gasteiger partial charge >= 0.3 is 0 Å². The predicted octanol–water partition coefficient (Wildman–Crippen LogP) is 7.63. The fourth-order valence-electron chi connectivity index (χ4n) is 3.51. The third-order valence-electron chi connectivity index (χ3n) is 4.56. The highest BCUT2D eigenvalue weighted by atomic mass is 16.5. The van der Waals surface area contributed by atoms with Gasteiger partial charge in [0, 0.05) is 17.2 Å². The average Bonchev–Trinajstić information content (AvgIpc) is 2.63. The standard InChI is InChI=1S/C29H40O4/c1-11-31-22-15-12-20(13-16-22)24(30)17-14-21-18-23(32-28(5,6)7)19-25(33-29(8,9)10)26(21)27(2,3)4/h12-19H,11H2,1-10H3. The lowest BCUT2D eigenvalue weighted by Crippen LogP contribution is -2.27. The summed E-state index contributed by atoms with van der Waals surface area (Å²) in [6, 6.07) is 11.2. The third kappa shape index (κ3) is 8.27. The van der Waals surface area contributed by atoms with Crippen molar-refractivity contribution in [1.29, 1.82) is 0 Å². The summed E-state index contributed by atoms with van der Waals surface area (Å²) in [5.74, 6) is 2.16. The van der Waals surface area contributed by atoms with Gasteiger partial charge in [-0.2, -0.15) is 0 Å². The summed E-state index contributed by atoms with van der Waals surface area (Å²) in [5, 5.41) is 0. The number of allylic oxidation sites excluding steroid dienone is 1. The van der Waals surface area contributed by atoms with Gasteiger partial charge in [0.05, 0.1) is 6.61 Å². The van der Waals surface area contributed by atoms with E-state index < -0.39 is 0 Å². The van der Waals surface area contributed by atoms with E-state index in [1.54, 1.807) is 18.2 Å². The second-order valence-electron chi connectivity index (χ2n) is 11.2. The molecule has 2 aromatic carbocycles. The summed E-state index contributed by atoms with van der Waals surface area (Å²) >= 11 is 0. The molecule has 0 aliphatic carbocycles. The second kappa shape index (κ2) is 10.0. The Hall–Kier alpha value is -2.75. The van der Waals surface area contributed by atoms with Crippen molar-refractivity contribution in [3.8, 4) is 17.2 Å². The Morgan fingerprint density at radius 3 is 1.88 bits per heavy atom. The molecule has 0 heterocycles. The quantitative estimate of drug-likeness (QED) is 0.320. The second-order valence-corrected chi connectivity index (χ2v) is 11.2. The molecule has 0 fully saturated rings. The molecule has 0 aliphatic heterocycles. The zero-order valence-corrected chi connectivity index (χ0v) is 22.0. The van der Waals surface area contributed by atoms with E-state index in [9.17, 15) is 4.79 Å². The van der Waals surface area contributed by atoms with Crippen molar-refractivity contribution in [1.82, 2.24) is 0 Å². The third-order valence-corrected chi connectivity index (χ3v) is 4.56. The molecule has 0 atom stereocenters. The van der Waals surface area contributed by atoms with Crippen LogP contribution in [0.1, 0.15) is 90.7 Å². The summed E-state index contributed by atoms with van der Waals surface area (Å²) < 4.78 is 18.0. The van der Waals surface area contributed by atoms with E-state index in [2.05, 4.69) is 20.8 Å². The first-order chi connectivity index (χ1) is 15.1. The number of benzene rings is 2. The van der Waals surface area contributed by atoms with Crippen LogP contribution in [0.5, 0.6) is 17.2 Å². The van der Waals surface area contributed by atoms with E-state index in [1.807, 2.05) is 78.8 Å². The van der Waals surface area contributed by atoms with E-state index in [1.165, 1.54) is 0 Å². The van der Waals surface area contributed by atoms with Crippen molar-refractivity contribution < 1.29 is 19.0 Å². The monoisotopic (exact) mass is 452 g/mol. The lowest BCUT2D eigenvalue weighted by Gasteiger charge is -2.31. The molecule has 0 radical (unpaired) electrons. The molecule has 4 heteroatoms. The number of hydrogen-bond acceptors (Lipinski definition) is 4. The smallest absolute Gasteiger partial charge is 0.185 e. The molecule has 0 bridgehead atoms. The highest BCUT2D eigenvalue weighted by molar-refractivity contribution is 6.07. The minimum Gasteiger partial charge on any atom is -0.494 e. The molecule has 180 valence electrons. The van der Waals surface area contributed by atoms with Gasteiger partial charge in [-0.3, -0.25) is 4.79 Å². The number of carbonyl (C=O) groups is 1. The van der Waals surface area contributed by atoms with E-state index in [4.69, 9.17) is 14.2 Å². The highest BCUT2D eigenvalue weighted by Gasteiger charge is 2.27. The summed E-state index contributed by atoms with van der Waals surface area (Å²) in [7, 11) is 0. The molecule has 0 aliphatic rings. The predicted molar refractivity (Wildman–Crippen MR) is 137 cm³/mol. The van der Waals surface area contributed by atoms with Crippen molar-refractivity contribution in [3.63, 3.8) is 0 Å². The Morgan fingerprint density at radius 2 is 1.39 bits per heavy atom. The van der Waals surface area contributed by atoms with Gasteiger partial charge in [-0.1, -0.05) is 26.8 Å². The van der Waals surface area contributed by atoms with Crippen LogP contribution in [-0.2, 0) is 5.41 Å². The van der Waals surface area contributed by atoms with Crippen LogP contribution < -0.4 is 14.2 Å². The molecule has 0 amide bonds. The van der Waals surface area contributed by atoms with Crippen LogP contribution in [0.15, 0.2) is 42.5 Å². The molecule has 33 heavy (non-hydrogen) atoms. The maximum Gasteiger partial charge on any atom is 0.185 e. The lowest BCUT2D eigenvalue weighted by atomic mass is 9.82. The van der Waals surface area contributed by atoms with Crippen LogP contribution >= 0.6 is 0 Å². The van der Waals surface area contributed by atoms with Crippen LogP contribution in [0, 0.1) is 0 Å². The Bertz CT molecular complexity index is 978. The fraction of sp³-hybridized carbons (Fsp3) is 0.483. The first-order valence-electron chi connectivity index (χ1n) is 11.6. The van der Waals surface area contributed by atoms with Crippen LogP contribution in [-0.4, -0.2) is 23.6 Å². The van der Waals surface area contributed by atoms with Crippen LogP contribution in [0.2, 0.25) is 0 Å². The molecule has 2 aromatic rings. The topological polar surface area (TPSA) is 44.8 Å². The molecule has 4 nitrogen and oxygen atoms in total. The lowest BCUT2D eigenvalue weighted by molar-refractivity contribution is 0.104. The summed E-state index contributed by atoms with van der Waals surface area (Å²) in [6.07, 6.45) is 3.48. The van der Waals surface area contributed by atoms with Crippen molar-refractivity contribution in [2.24, 2.45) is 0 Å². The normalized spacial score (nSPS) is 12.7. The fourth-order valence-corrected chi connectivity index (χ4v) is 3.51. The average molecular weight is 453 g/mol. The van der Waals surface area contributed by atoms with Crippen LogP contribution in [0.3, 0.4) is 0 Å². The minimum atomic E-state index is -0.376. The maximum atomic E-state index is 12.9. The largest absolute Gasteiger partial charge is 0.494 e.